The van der Waals surface area contributed by atoms with Gasteiger partial charge in [0.15, 0.2) is 6.54 Å². The van der Waals surface area contributed by atoms with Crippen LogP contribution in [0.25, 0.3) is 6.08 Å². The molecule has 3 rings (SSSR count). The highest BCUT2D eigenvalue weighted by Gasteiger charge is 2.24. The first-order valence-corrected chi connectivity index (χ1v) is 9.91. The molecule has 1 aromatic heterocycles. The molecule has 3 N–H and O–H groups in total. The summed E-state index contributed by atoms with van der Waals surface area (Å²) in [5.41, 5.74) is 4.82. The molecule has 1 saturated heterocycles. The molecule has 148 valence electrons. The van der Waals surface area contributed by atoms with Crippen LogP contribution in [0.3, 0.4) is 0 Å². The second-order valence-electron chi connectivity index (χ2n) is 7.18. The number of hydrogen-bond donors (Lipinski definition) is 3. The van der Waals surface area contributed by atoms with Crippen molar-refractivity contribution in [3.05, 3.63) is 64.6 Å². The van der Waals surface area contributed by atoms with Gasteiger partial charge in [-0.15, -0.1) is 0 Å². The van der Waals surface area contributed by atoms with E-state index in [1.807, 2.05) is 37.3 Å². The number of hydrogen-bond acceptors (Lipinski definition) is 3. The van der Waals surface area contributed by atoms with Crippen molar-refractivity contribution >= 4 is 29.8 Å². The number of allylic oxidation sites excluding steroid dienone is 1. The first kappa shape index (κ1) is 20.3. The second kappa shape index (κ2) is 10.2. The number of halogens is 1. The summed E-state index contributed by atoms with van der Waals surface area (Å²) >= 11 is 5.94. The molecule has 1 amide bonds. The summed E-state index contributed by atoms with van der Waals surface area (Å²) in [4.78, 5) is 15.0. The summed E-state index contributed by atoms with van der Waals surface area (Å²) < 4.78 is 5.25. The fraction of sp³-hybridized carbons (Fsp3) is 0.333. The smallest absolute Gasteiger partial charge is 0.295 e. The van der Waals surface area contributed by atoms with E-state index >= 15 is 0 Å². The highest BCUT2D eigenvalue weighted by Crippen LogP contribution is 2.08. The molecule has 1 aliphatic heterocycles. The maximum atomic E-state index is 12.1. The number of furan rings is 1. The number of hydrazone groups is 1. The summed E-state index contributed by atoms with van der Waals surface area (Å²) in [7, 11) is 0. The van der Waals surface area contributed by atoms with E-state index in [9.17, 15) is 4.79 Å². The van der Waals surface area contributed by atoms with Crippen molar-refractivity contribution in [2.45, 2.75) is 13.5 Å². The van der Waals surface area contributed by atoms with E-state index in [1.165, 1.54) is 10.5 Å². The van der Waals surface area contributed by atoms with Crippen LogP contribution in [0, 0.1) is 0 Å². The zero-order valence-electron chi connectivity index (χ0n) is 16.1. The Morgan fingerprint density at radius 3 is 2.57 bits per heavy atom. The Kier molecular flexibility index (Phi) is 7.42. The predicted molar refractivity (Wildman–Crippen MR) is 110 cm³/mol. The minimum absolute atomic E-state index is 0.0572. The molecule has 2 heterocycles. The Bertz CT molecular complexity index is 807. The molecule has 0 aliphatic carbocycles. The number of carbonyl (C=O) groups excluding carboxylic acids is 1. The summed E-state index contributed by atoms with van der Waals surface area (Å²) in [5.74, 6) is 0.705. The van der Waals surface area contributed by atoms with E-state index < -0.39 is 0 Å². The molecule has 1 fully saturated rings. The van der Waals surface area contributed by atoms with E-state index in [0.29, 0.717) is 6.54 Å². The quantitative estimate of drug-likeness (QED) is 0.464. The number of piperazine rings is 1. The number of nitrogens with one attached hydrogen (secondary N) is 3. The van der Waals surface area contributed by atoms with Crippen LogP contribution in [0.2, 0.25) is 5.02 Å². The van der Waals surface area contributed by atoms with Crippen LogP contribution < -0.4 is 15.2 Å². The van der Waals surface area contributed by atoms with Gasteiger partial charge in [0.2, 0.25) is 0 Å². The van der Waals surface area contributed by atoms with Crippen molar-refractivity contribution in [1.82, 2.24) is 5.43 Å². The molecule has 0 saturated carbocycles. The molecule has 2 aromatic rings. The molecule has 1 aromatic carbocycles. The lowest BCUT2D eigenvalue weighted by Crippen LogP contribution is -3.28. The Balaban J connectivity index is 1.36. The molecular weight excluding hydrogens is 376 g/mol. The summed E-state index contributed by atoms with van der Waals surface area (Å²) in [6, 6.07) is 11.7. The molecule has 28 heavy (non-hydrogen) atoms. The van der Waals surface area contributed by atoms with E-state index in [4.69, 9.17) is 16.0 Å². The van der Waals surface area contributed by atoms with Gasteiger partial charge in [0.1, 0.15) is 38.5 Å². The third-order valence-corrected chi connectivity index (χ3v) is 5.06. The van der Waals surface area contributed by atoms with Crippen molar-refractivity contribution in [3.8, 4) is 0 Å². The molecule has 0 unspecified atom stereocenters. The second-order valence-corrected chi connectivity index (χ2v) is 7.61. The number of benzene rings is 1. The Morgan fingerprint density at radius 2 is 1.89 bits per heavy atom. The SMILES string of the molecule is CC(/C=N\NC(=O)C[NH+]1CC[NH+](Cc2ccc(Cl)cc2)CC1)=C\c1ccco1. The fourth-order valence-electron chi connectivity index (χ4n) is 3.31. The standard InChI is InChI=1S/C21H25ClN4O2/c1-17(13-20-3-2-12-28-20)14-23-24-21(27)16-26-10-8-25(9-11-26)15-18-4-6-19(22)7-5-18/h2-7,12-14H,8-11,15-16H2,1H3,(H,24,27)/p+2/b17-13+,23-14-. The molecular formula is C21H27ClN4O2+2. The molecule has 6 nitrogen and oxygen atoms in total. The number of amides is 1. The van der Waals surface area contributed by atoms with Crippen LogP contribution >= 0.6 is 11.6 Å². The van der Waals surface area contributed by atoms with Gasteiger partial charge in [0, 0.05) is 10.6 Å². The van der Waals surface area contributed by atoms with Gasteiger partial charge in [-0.05, 0) is 42.8 Å². The van der Waals surface area contributed by atoms with Crippen LogP contribution in [0.15, 0.2) is 57.8 Å². The largest absolute Gasteiger partial charge is 0.465 e. The number of nitrogens with zero attached hydrogens (tertiary/aromatic N) is 1. The minimum atomic E-state index is -0.0572. The number of rotatable bonds is 7. The zero-order chi connectivity index (χ0) is 19.8. The molecule has 0 radical (unpaired) electrons. The van der Waals surface area contributed by atoms with E-state index in [2.05, 4.69) is 22.7 Å². The maximum Gasteiger partial charge on any atom is 0.295 e. The molecule has 0 spiro atoms. The minimum Gasteiger partial charge on any atom is -0.465 e. The maximum absolute atomic E-state index is 12.1. The number of carbonyl (C=O) groups is 1. The van der Waals surface area contributed by atoms with Crippen molar-refractivity contribution < 1.29 is 19.0 Å². The monoisotopic (exact) mass is 402 g/mol. The van der Waals surface area contributed by atoms with Gasteiger partial charge in [-0.2, -0.15) is 5.10 Å². The third kappa shape index (κ3) is 6.64. The van der Waals surface area contributed by atoms with Gasteiger partial charge in [-0.25, -0.2) is 5.43 Å². The van der Waals surface area contributed by atoms with Gasteiger partial charge >= 0.3 is 0 Å². The van der Waals surface area contributed by atoms with E-state index in [-0.39, 0.29) is 5.91 Å². The van der Waals surface area contributed by atoms with Crippen LogP contribution in [-0.4, -0.2) is 44.8 Å². The molecule has 0 bridgehead atoms. The van der Waals surface area contributed by atoms with Crippen molar-refractivity contribution in [2.75, 3.05) is 32.7 Å². The number of quaternary nitrogens is 2. The highest BCUT2D eigenvalue weighted by molar-refractivity contribution is 6.30. The van der Waals surface area contributed by atoms with Crippen LogP contribution in [0.5, 0.6) is 0 Å². The van der Waals surface area contributed by atoms with Gasteiger partial charge in [0.25, 0.3) is 5.91 Å². The topological polar surface area (TPSA) is 63.5 Å². The van der Waals surface area contributed by atoms with Gasteiger partial charge in [0.05, 0.1) is 12.5 Å². The Labute approximate surface area is 170 Å². The van der Waals surface area contributed by atoms with Crippen molar-refractivity contribution in [2.24, 2.45) is 5.10 Å². The first-order chi connectivity index (χ1) is 13.6. The Hall–Kier alpha value is -2.41. The molecule has 1 aliphatic rings. The summed E-state index contributed by atoms with van der Waals surface area (Å²) in [5, 5.41) is 4.80. The van der Waals surface area contributed by atoms with Crippen molar-refractivity contribution in [3.63, 3.8) is 0 Å². The molecule has 7 heteroatoms. The lowest BCUT2D eigenvalue weighted by atomic mass is 10.2. The first-order valence-electron chi connectivity index (χ1n) is 9.54. The van der Waals surface area contributed by atoms with Gasteiger partial charge in [-0.3, -0.25) is 4.79 Å². The zero-order valence-corrected chi connectivity index (χ0v) is 16.8. The predicted octanol–water partition coefficient (Wildman–Crippen LogP) is 0.422. The van der Waals surface area contributed by atoms with E-state index in [1.54, 1.807) is 17.4 Å². The average Bonchev–Trinajstić information content (AvgIpc) is 3.18. The normalized spacial score (nSPS) is 20.4. The fourth-order valence-corrected chi connectivity index (χ4v) is 3.44. The third-order valence-electron chi connectivity index (χ3n) is 4.81. The average molecular weight is 403 g/mol. The lowest BCUT2D eigenvalue weighted by Gasteiger charge is -2.29. The van der Waals surface area contributed by atoms with Crippen LogP contribution in [0.4, 0.5) is 0 Å². The lowest BCUT2D eigenvalue weighted by molar-refractivity contribution is -1.02. The van der Waals surface area contributed by atoms with Crippen LogP contribution in [0.1, 0.15) is 18.2 Å². The van der Waals surface area contributed by atoms with Crippen molar-refractivity contribution in [1.29, 1.82) is 0 Å². The highest BCUT2D eigenvalue weighted by atomic mass is 35.5. The van der Waals surface area contributed by atoms with Crippen LogP contribution in [-0.2, 0) is 11.3 Å². The van der Waals surface area contributed by atoms with Gasteiger partial charge < -0.3 is 14.2 Å². The molecule has 0 atom stereocenters. The van der Waals surface area contributed by atoms with E-state index in [0.717, 1.165) is 49.1 Å². The van der Waals surface area contributed by atoms with Gasteiger partial charge in [-0.1, -0.05) is 23.7 Å². The summed E-state index contributed by atoms with van der Waals surface area (Å²) in [6.45, 7) is 7.44. The Morgan fingerprint density at radius 1 is 1.18 bits per heavy atom. The summed E-state index contributed by atoms with van der Waals surface area (Å²) in [6.07, 6.45) is 5.12.